The topological polar surface area (TPSA) is 128 Å². The summed E-state index contributed by atoms with van der Waals surface area (Å²) in [4.78, 5) is 26.9. The highest BCUT2D eigenvalue weighted by atomic mass is 19.1. The number of amidine groups is 1. The summed E-state index contributed by atoms with van der Waals surface area (Å²) in [5.41, 5.74) is 12.3. The summed E-state index contributed by atoms with van der Waals surface area (Å²) < 4.78 is 29.4. The predicted octanol–water partition coefficient (Wildman–Crippen LogP) is 2.15. The van der Waals surface area contributed by atoms with E-state index in [0.717, 1.165) is 18.6 Å². The van der Waals surface area contributed by atoms with Crippen LogP contribution in [0, 0.1) is 17.6 Å². The van der Waals surface area contributed by atoms with Gasteiger partial charge in [-0.25, -0.2) is 18.8 Å². The number of aromatic nitrogens is 4. The Morgan fingerprint density at radius 2 is 2.03 bits per heavy atom. The van der Waals surface area contributed by atoms with Crippen molar-refractivity contribution in [2.24, 2.45) is 23.7 Å². The Kier molecular flexibility index (Phi) is 5.25. The number of aryl methyl sites for hydroxylation is 1. The van der Waals surface area contributed by atoms with Crippen LogP contribution in [-0.4, -0.2) is 49.0 Å². The molecule has 11 heteroatoms. The summed E-state index contributed by atoms with van der Waals surface area (Å²) in [7, 11) is 1.71. The van der Waals surface area contributed by atoms with Crippen LogP contribution in [0.2, 0.25) is 0 Å². The Morgan fingerprint density at radius 3 is 2.74 bits per heavy atom. The monoisotopic (exact) mass is 428 g/mol. The van der Waals surface area contributed by atoms with Gasteiger partial charge in [-0.2, -0.15) is 10.1 Å². The van der Waals surface area contributed by atoms with Crippen molar-refractivity contribution in [2.75, 3.05) is 12.3 Å². The van der Waals surface area contributed by atoms with E-state index in [4.69, 9.17) is 11.5 Å². The molecule has 31 heavy (non-hydrogen) atoms. The second kappa shape index (κ2) is 7.89. The van der Waals surface area contributed by atoms with Crippen molar-refractivity contribution in [1.29, 1.82) is 0 Å². The first-order valence-corrected chi connectivity index (χ1v) is 9.80. The standard InChI is InChI=1S/C20H22F2N8O/c1-10-3-4-11(9-30(10)19(31)15-5-6-25-29(15)2)17(23)27-18-13-7-12(21)8-14(22)16(13)26-20(24)28-18/h5-8,10-11H,3-4,9H2,1-2H3,(H4,23,24,26,27,28)/t10-,11+/m0/s1. The number of hydrogen-bond donors (Lipinski definition) is 2. The minimum Gasteiger partial charge on any atom is -0.387 e. The molecule has 2 aromatic heterocycles. The molecule has 0 spiro atoms. The van der Waals surface area contributed by atoms with Gasteiger partial charge in [0.2, 0.25) is 5.95 Å². The zero-order valence-corrected chi connectivity index (χ0v) is 17.1. The number of amides is 1. The Balaban J connectivity index is 1.66. The molecular weight excluding hydrogens is 406 g/mol. The van der Waals surface area contributed by atoms with Gasteiger partial charge < -0.3 is 16.4 Å². The first-order chi connectivity index (χ1) is 14.7. The first kappa shape index (κ1) is 20.6. The average Bonchev–Trinajstić information content (AvgIpc) is 3.14. The maximum absolute atomic E-state index is 14.1. The second-order valence-corrected chi connectivity index (χ2v) is 7.65. The van der Waals surface area contributed by atoms with E-state index in [9.17, 15) is 13.6 Å². The molecule has 4 N–H and O–H groups in total. The predicted molar refractivity (Wildman–Crippen MR) is 112 cm³/mol. The largest absolute Gasteiger partial charge is 0.387 e. The molecule has 1 saturated heterocycles. The summed E-state index contributed by atoms with van der Waals surface area (Å²) >= 11 is 0. The van der Waals surface area contributed by atoms with Gasteiger partial charge >= 0.3 is 0 Å². The normalized spacial score (nSPS) is 19.7. The minimum atomic E-state index is -0.862. The molecule has 1 amide bonds. The Hall–Kier alpha value is -3.63. The van der Waals surface area contributed by atoms with Crippen molar-refractivity contribution in [2.45, 2.75) is 25.8 Å². The molecule has 3 heterocycles. The number of nitrogens with zero attached hydrogens (tertiary/aromatic N) is 6. The average molecular weight is 428 g/mol. The molecule has 0 saturated carbocycles. The lowest BCUT2D eigenvalue weighted by Gasteiger charge is -2.37. The highest BCUT2D eigenvalue weighted by Gasteiger charge is 2.32. The number of carbonyl (C=O) groups excluding carboxylic acids is 1. The third-order valence-corrected chi connectivity index (χ3v) is 5.55. The van der Waals surface area contributed by atoms with Crippen LogP contribution in [0.4, 0.5) is 20.5 Å². The van der Waals surface area contributed by atoms with E-state index in [2.05, 4.69) is 20.1 Å². The zero-order chi connectivity index (χ0) is 22.3. The van der Waals surface area contributed by atoms with Gasteiger partial charge in [-0.15, -0.1) is 0 Å². The summed E-state index contributed by atoms with van der Waals surface area (Å²) in [6.07, 6.45) is 2.99. The molecule has 162 valence electrons. The lowest BCUT2D eigenvalue weighted by atomic mass is 9.92. The van der Waals surface area contributed by atoms with Crippen LogP contribution in [0.15, 0.2) is 29.4 Å². The Morgan fingerprint density at radius 1 is 1.26 bits per heavy atom. The molecule has 1 fully saturated rings. The lowest BCUT2D eigenvalue weighted by Crippen LogP contribution is -2.49. The van der Waals surface area contributed by atoms with Gasteiger partial charge in [-0.1, -0.05) is 0 Å². The number of nitrogen functional groups attached to an aromatic ring is 1. The van der Waals surface area contributed by atoms with Crippen molar-refractivity contribution < 1.29 is 13.6 Å². The maximum atomic E-state index is 14.1. The smallest absolute Gasteiger partial charge is 0.272 e. The fraction of sp³-hybridized carbons (Fsp3) is 0.350. The van der Waals surface area contributed by atoms with Crippen LogP contribution >= 0.6 is 0 Å². The number of anilines is 1. The number of likely N-dealkylation sites (tertiary alicyclic amines) is 1. The van der Waals surface area contributed by atoms with Gasteiger partial charge in [0.15, 0.2) is 11.6 Å². The summed E-state index contributed by atoms with van der Waals surface area (Å²) in [6, 6.07) is 3.49. The van der Waals surface area contributed by atoms with E-state index in [1.54, 1.807) is 24.2 Å². The van der Waals surface area contributed by atoms with Crippen LogP contribution in [0.3, 0.4) is 0 Å². The second-order valence-electron chi connectivity index (χ2n) is 7.65. The highest BCUT2D eigenvalue weighted by Crippen LogP contribution is 2.29. The molecule has 9 nitrogen and oxygen atoms in total. The zero-order valence-electron chi connectivity index (χ0n) is 17.1. The van der Waals surface area contributed by atoms with E-state index in [0.29, 0.717) is 18.7 Å². The number of benzene rings is 1. The van der Waals surface area contributed by atoms with Gasteiger partial charge in [0, 0.05) is 37.8 Å². The molecule has 2 atom stereocenters. The van der Waals surface area contributed by atoms with Crippen molar-refractivity contribution in [1.82, 2.24) is 24.6 Å². The van der Waals surface area contributed by atoms with Crippen molar-refractivity contribution in [3.05, 3.63) is 41.7 Å². The number of carbonyl (C=O) groups is 1. The number of aliphatic imine (C=N–C) groups is 1. The minimum absolute atomic E-state index is 0.0125. The molecule has 4 rings (SSSR count). The van der Waals surface area contributed by atoms with E-state index in [1.807, 2.05) is 6.92 Å². The number of hydrogen-bond acceptors (Lipinski definition) is 6. The van der Waals surface area contributed by atoms with E-state index in [-0.39, 0.29) is 46.4 Å². The van der Waals surface area contributed by atoms with Gasteiger partial charge in [0.05, 0.1) is 5.39 Å². The molecule has 1 aromatic carbocycles. The van der Waals surface area contributed by atoms with Crippen LogP contribution in [0.25, 0.3) is 10.9 Å². The molecule has 0 aliphatic carbocycles. The van der Waals surface area contributed by atoms with E-state index >= 15 is 0 Å². The molecule has 1 aliphatic rings. The number of rotatable bonds is 3. The van der Waals surface area contributed by atoms with Gasteiger partial charge in [-0.05, 0) is 31.9 Å². The van der Waals surface area contributed by atoms with Crippen LogP contribution < -0.4 is 11.5 Å². The number of piperidine rings is 1. The Bertz CT molecular complexity index is 1190. The fourth-order valence-electron chi connectivity index (χ4n) is 3.82. The summed E-state index contributed by atoms with van der Waals surface area (Å²) in [5.74, 6) is -2.05. The SMILES string of the molecule is C[C@H]1CC[C@@H](C(N)=Nc2nc(N)nc3c(F)cc(F)cc23)CN1C(=O)c1ccnn1C. The molecule has 0 unspecified atom stereocenters. The third kappa shape index (κ3) is 3.90. The highest BCUT2D eigenvalue weighted by molar-refractivity contribution is 5.95. The van der Waals surface area contributed by atoms with Crippen LogP contribution in [0.1, 0.15) is 30.3 Å². The molecule has 0 radical (unpaired) electrons. The number of halogens is 2. The van der Waals surface area contributed by atoms with Gasteiger partial charge in [-0.3, -0.25) is 9.48 Å². The maximum Gasteiger partial charge on any atom is 0.272 e. The van der Waals surface area contributed by atoms with E-state index in [1.165, 1.54) is 4.68 Å². The quantitative estimate of drug-likeness (QED) is 0.486. The summed E-state index contributed by atoms with van der Waals surface area (Å²) in [6.45, 7) is 2.32. The fourth-order valence-corrected chi connectivity index (χ4v) is 3.82. The van der Waals surface area contributed by atoms with Crippen LogP contribution in [0.5, 0.6) is 0 Å². The molecule has 3 aromatic rings. The molecule has 0 bridgehead atoms. The third-order valence-electron chi connectivity index (χ3n) is 5.55. The van der Waals surface area contributed by atoms with Crippen molar-refractivity contribution in [3.8, 4) is 0 Å². The van der Waals surface area contributed by atoms with Gasteiger partial charge in [0.25, 0.3) is 5.91 Å². The number of fused-ring (bicyclic) bond motifs is 1. The molecule has 1 aliphatic heterocycles. The lowest BCUT2D eigenvalue weighted by molar-refractivity contribution is 0.0592. The van der Waals surface area contributed by atoms with E-state index < -0.39 is 11.6 Å². The molecular formula is C20H22F2N8O. The first-order valence-electron chi connectivity index (χ1n) is 9.80. The number of nitrogens with two attached hydrogens (primary N) is 2. The Labute approximate surface area is 176 Å². The van der Waals surface area contributed by atoms with Crippen molar-refractivity contribution in [3.63, 3.8) is 0 Å². The van der Waals surface area contributed by atoms with Crippen LogP contribution in [-0.2, 0) is 7.05 Å². The summed E-state index contributed by atoms with van der Waals surface area (Å²) in [5, 5.41) is 4.12. The van der Waals surface area contributed by atoms with Crippen molar-refractivity contribution >= 4 is 34.4 Å². The van der Waals surface area contributed by atoms with Gasteiger partial charge in [0.1, 0.15) is 22.9 Å².